The van der Waals surface area contributed by atoms with Crippen molar-refractivity contribution in [2.45, 2.75) is 26.2 Å². The Labute approximate surface area is 122 Å². The molecule has 0 aliphatic rings. The van der Waals surface area contributed by atoms with E-state index in [1.807, 2.05) is 0 Å². The van der Waals surface area contributed by atoms with Crippen LogP contribution < -0.4 is 11.1 Å². The topological polar surface area (TPSA) is 80.9 Å². The van der Waals surface area contributed by atoms with E-state index < -0.39 is 0 Å². The third-order valence-electron chi connectivity index (χ3n) is 2.80. The minimum Gasteiger partial charge on any atom is -0.330 e. The molecule has 0 saturated heterocycles. The van der Waals surface area contributed by atoms with Gasteiger partial charge in [0.2, 0.25) is 11.0 Å². The number of carbonyl (C=O) groups excluding carboxylic acids is 1. The number of nitrogens with one attached hydrogen (secondary N) is 1. The number of hydrogen-bond acceptors (Lipinski definition) is 5. The minimum atomic E-state index is -0.0616. The van der Waals surface area contributed by atoms with Crippen molar-refractivity contribution in [3.63, 3.8) is 0 Å². The Bertz CT molecular complexity index is 565. The quantitative estimate of drug-likeness (QED) is 0.854. The van der Waals surface area contributed by atoms with Gasteiger partial charge in [0.05, 0.1) is 0 Å². The molecular formula is C14H18N4OS. The van der Waals surface area contributed by atoms with Gasteiger partial charge in [-0.2, -0.15) is 0 Å². The molecule has 1 heterocycles. The van der Waals surface area contributed by atoms with Crippen molar-refractivity contribution in [3.05, 3.63) is 40.4 Å². The number of nitrogens with two attached hydrogens (primary N) is 1. The average molecular weight is 290 g/mol. The summed E-state index contributed by atoms with van der Waals surface area (Å²) in [5.41, 5.74) is 7.79. The summed E-state index contributed by atoms with van der Waals surface area (Å²) in [4.78, 5) is 11.5. The predicted octanol–water partition coefficient (Wildman–Crippen LogP) is 2.11. The Morgan fingerprint density at radius 3 is 2.75 bits per heavy atom. The molecule has 0 fully saturated rings. The molecule has 5 nitrogen and oxygen atoms in total. The first kappa shape index (κ1) is 14.6. The molecule has 106 valence electrons. The van der Waals surface area contributed by atoms with Crippen LogP contribution in [0, 0.1) is 6.92 Å². The highest BCUT2D eigenvalue weighted by Gasteiger charge is 2.08. The third-order valence-corrected chi connectivity index (χ3v) is 3.64. The van der Waals surface area contributed by atoms with Gasteiger partial charge in [0, 0.05) is 12.8 Å². The van der Waals surface area contributed by atoms with Gasteiger partial charge in [-0.3, -0.25) is 4.79 Å². The molecule has 2 aromatic rings. The van der Waals surface area contributed by atoms with Crippen LogP contribution in [-0.2, 0) is 11.2 Å². The molecule has 0 saturated carbocycles. The number of aryl methyl sites for hydroxylation is 1. The molecule has 1 aromatic heterocycles. The number of rotatable bonds is 6. The number of benzene rings is 1. The monoisotopic (exact) mass is 290 g/mol. The Morgan fingerprint density at radius 1 is 1.30 bits per heavy atom. The van der Waals surface area contributed by atoms with Crippen LogP contribution in [0.1, 0.15) is 29.0 Å². The van der Waals surface area contributed by atoms with Gasteiger partial charge in [0.1, 0.15) is 5.01 Å². The Balaban J connectivity index is 1.91. The van der Waals surface area contributed by atoms with E-state index in [-0.39, 0.29) is 5.91 Å². The van der Waals surface area contributed by atoms with Gasteiger partial charge < -0.3 is 11.1 Å². The molecule has 0 aliphatic carbocycles. The zero-order valence-corrected chi connectivity index (χ0v) is 12.2. The molecule has 0 radical (unpaired) electrons. The van der Waals surface area contributed by atoms with Crippen molar-refractivity contribution >= 4 is 22.4 Å². The SMILES string of the molecule is Cc1ccc(Cc2nnc(NC(=O)CCCN)s2)cc1. The van der Waals surface area contributed by atoms with E-state index >= 15 is 0 Å². The van der Waals surface area contributed by atoms with Crippen molar-refractivity contribution in [1.82, 2.24) is 10.2 Å². The molecular weight excluding hydrogens is 272 g/mol. The first-order valence-electron chi connectivity index (χ1n) is 6.55. The molecule has 6 heteroatoms. The summed E-state index contributed by atoms with van der Waals surface area (Å²) < 4.78 is 0. The molecule has 20 heavy (non-hydrogen) atoms. The second kappa shape index (κ2) is 7.12. The van der Waals surface area contributed by atoms with Crippen LogP contribution in [0.15, 0.2) is 24.3 Å². The fourth-order valence-electron chi connectivity index (χ4n) is 1.70. The summed E-state index contributed by atoms with van der Waals surface area (Å²) >= 11 is 1.41. The smallest absolute Gasteiger partial charge is 0.226 e. The van der Waals surface area contributed by atoms with Gasteiger partial charge in [-0.05, 0) is 25.5 Å². The van der Waals surface area contributed by atoms with Crippen molar-refractivity contribution in [2.75, 3.05) is 11.9 Å². The lowest BCUT2D eigenvalue weighted by Gasteiger charge is -1.99. The summed E-state index contributed by atoms with van der Waals surface area (Å²) in [5, 5.41) is 12.3. The summed E-state index contributed by atoms with van der Waals surface area (Å²) in [6.45, 7) is 2.58. The number of carbonyl (C=O) groups is 1. The molecule has 0 spiro atoms. The summed E-state index contributed by atoms with van der Waals surface area (Å²) in [5.74, 6) is -0.0616. The third kappa shape index (κ3) is 4.40. The van der Waals surface area contributed by atoms with Gasteiger partial charge in [-0.1, -0.05) is 41.2 Å². The van der Waals surface area contributed by atoms with E-state index in [4.69, 9.17) is 5.73 Å². The number of aromatic nitrogens is 2. The van der Waals surface area contributed by atoms with Crippen LogP contribution in [0.3, 0.4) is 0 Å². The van der Waals surface area contributed by atoms with E-state index in [0.29, 0.717) is 24.5 Å². The molecule has 1 aromatic carbocycles. The molecule has 0 bridgehead atoms. The van der Waals surface area contributed by atoms with Crippen LogP contribution in [-0.4, -0.2) is 22.6 Å². The van der Waals surface area contributed by atoms with Crippen molar-refractivity contribution in [1.29, 1.82) is 0 Å². The van der Waals surface area contributed by atoms with E-state index in [9.17, 15) is 4.79 Å². The van der Waals surface area contributed by atoms with Gasteiger partial charge >= 0.3 is 0 Å². The summed E-state index contributed by atoms with van der Waals surface area (Å²) in [7, 11) is 0. The van der Waals surface area contributed by atoms with Crippen molar-refractivity contribution < 1.29 is 4.79 Å². The maximum absolute atomic E-state index is 11.5. The predicted molar refractivity (Wildman–Crippen MR) is 80.8 cm³/mol. The van der Waals surface area contributed by atoms with E-state index in [0.717, 1.165) is 11.4 Å². The lowest BCUT2D eigenvalue weighted by atomic mass is 10.1. The zero-order chi connectivity index (χ0) is 14.4. The lowest BCUT2D eigenvalue weighted by Crippen LogP contribution is -2.13. The fraction of sp³-hybridized carbons (Fsp3) is 0.357. The highest BCUT2D eigenvalue weighted by Crippen LogP contribution is 2.19. The number of amides is 1. The Hall–Kier alpha value is -1.79. The van der Waals surface area contributed by atoms with Crippen molar-refractivity contribution in [3.8, 4) is 0 Å². The first-order chi connectivity index (χ1) is 9.67. The number of nitrogens with zero attached hydrogens (tertiary/aromatic N) is 2. The Morgan fingerprint density at radius 2 is 2.05 bits per heavy atom. The van der Waals surface area contributed by atoms with Crippen LogP contribution in [0.2, 0.25) is 0 Å². The van der Waals surface area contributed by atoms with Crippen LogP contribution in [0.5, 0.6) is 0 Å². The van der Waals surface area contributed by atoms with E-state index in [1.54, 1.807) is 0 Å². The highest BCUT2D eigenvalue weighted by molar-refractivity contribution is 7.15. The van der Waals surface area contributed by atoms with E-state index in [1.165, 1.54) is 22.5 Å². The highest BCUT2D eigenvalue weighted by atomic mass is 32.1. The summed E-state index contributed by atoms with van der Waals surface area (Å²) in [6.07, 6.45) is 1.83. The first-order valence-corrected chi connectivity index (χ1v) is 7.37. The standard InChI is InChI=1S/C14H18N4OS/c1-10-4-6-11(7-5-10)9-13-17-18-14(20-13)16-12(19)3-2-8-15/h4-7H,2-3,8-9,15H2,1H3,(H,16,18,19). The molecule has 0 unspecified atom stereocenters. The maximum atomic E-state index is 11.5. The zero-order valence-electron chi connectivity index (χ0n) is 11.4. The van der Waals surface area contributed by atoms with Gasteiger partial charge in [0.25, 0.3) is 0 Å². The summed E-state index contributed by atoms with van der Waals surface area (Å²) in [6, 6.07) is 8.31. The molecule has 0 atom stereocenters. The van der Waals surface area contributed by atoms with Crippen LogP contribution in [0.25, 0.3) is 0 Å². The minimum absolute atomic E-state index is 0.0616. The van der Waals surface area contributed by atoms with Crippen molar-refractivity contribution in [2.24, 2.45) is 5.73 Å². The second-order valence-electron chi connectivity index (χ2n) is 4.60. The van der Waals surface area contributed by atoms with Crippen LogP contribution in [0.4, 0.5) is 5.13 Å². The lowest BCUT2D eigenvalue weighted by molar-refractivity contribution is -0.116. The Kier molecular flexibility index (Phi) is 5.20. The molecule has 1 amide bonds. The number of hydrogen-bond donors (Lipinski definition) is 2. The normalized spacial score (nSPS) is 10.5. The maximum Gasteiger partial charge on any atom is 0.226 e. The van der Waals surface area contributed by atoms with Gasteiger partial charge in [-0.15, -0.1) is 10.2 Å². The molecule has 2 rings (SSSR count). The average Bonchev–Trinajstić information content (AvgIpc) is 2.86. The van der Waals surface area contributed by atoms with Gasteiger partial charge in [0.15, 0.2) is 0 Å². The number of anilines is 1. The molecule has 3 N–H and O–H groups in total. The van der Waals surface area contributed by atoms with Crippen LogP contribution >= 0.6 is 11.3 Å². The van der Waals surface area contributed by atoms with E-state index in [2.05, 4.69) is 46.7 Å². The molecule has 0 aliphatic heterocycles. The fourth-order valence-corrected chi connectivity index (χ4v) is 2.49. The van der Waals surface area contributed by atoms with Gasteiger partial charge in [-0.25, -0.2) is 0 Å². The largest absolute Gasteiger partial charge is 0.330 e. The second-order valence-corrected chi connectivity index (χ2v) is 5.67.